The summed E-state index contributed by atoms with van der Waals surface area (Å²) in [5.41, 5.74) is 0.495. The van der Waals surface area contributed by atoms with E-state index >= 15 is 0 Å². The first-order chi connectivity index (χ1) is 13.9. The van der Waals surface area contributed by atoms with Crippen molar-refractivity contribution in [1.82, 2.24) is 0 Å². The van der Waals surface area contributed by atoms with Crippen molar-refractivity contribution < 1.29 is 32.2 Å². The number of hydrogen-bond donors (Lipinski definition) is 1. The van der Waals surface area contributed by atoms with Crippen LogP contribution < -0.4 is 19.5 Å². The zero-order valence-electron chi connectivity index (χ0n) is 16.6. The van der Waals surface area contributed by atoms with Gasteiger partial charge in [0.25, 0.3) is 0 Å². The minimum Gasteiger partial charge on any atom is -0.497 e. The van der Waals surface area contributed by atoms with E-state index in [2.05, 4.69) is 5.32 Å². The highest BCUT2D eigenvalue weighted by atomic mass is 32.2. The molecule has 156 valence electrons. The first-order valence-corrected chi connectivity index (χ1v) is 10.1. The second-order valence-corrected chi connectivity index (χ2v) is 7.54. The van der Waals surface area contributed by atoms with Gasteiger partial charge in [-0.05, 0) is 43.3 Å². The minimum absolute atomic E-state index is 0.0324. The Labute approximate surface area is 170 Å². The maximum Gasteiger partial charge on any atom is 0.351 e. The van der Waals surface area contributed by atoms with E-state index in [1.54, 1.807) is 25.1 Å². The number of methoxy groups -OCH3 is 3. The third-order valence-electron chi connectivity index (χ3n) is 3.89. The lowest BCUT2D eigenvalue weighted by molar-refractivity contribution is -0.137. The molecule has 0 aliphatic rings. The van der Waals surface area contributed by atoms with E-state index in [1.165, 1.54) is 45.6 Å². The van der Waals surface area contributed by atoms with Crippen molar-refractivity contribution >= 4 is 21.5 Å². The number of carbonyl (C=O) groups is 1. The van der Waals surface area contributed by atoms with E-state index in [1.807, 2.05) is 0 Å². The lowest BCUT2D eigenvalue weighted by Gasteiger charge is -2.12. The van der Waals surface area contributed by atoms with Gasteiger partial charge in [0, 0.05) is 18.0 Å². The molecule has 0 atom stereocenters. The third kappa shape index (κ3) is 5.20. The Kier molecular flexibility index (Phi) is 7.49. The summed E-state index contributed by atoms with van der Waals surface area (Å²) in [6.07, 6.45) is 1.10. The first kappa shape index (κ1) is 22.1. The van der Waals surface area contributed by atoms with Crippen LogP contribution in [0.25, 0.3) is 0 Å². The number of nitrogens with one attached hydrogen (secondary N) is 1. The molecule has 29 heavy (non-hydrogen) atoms. The van der Waals surface area contributed by atoms with E-state index < -0.39 is 20.7 Å². The molecule has 0 aliphatic carbocycles. The van der Waals surface area contributed by atoms with Gasteiger partial charge in [-0.2, -0.15) is 0 Å². The van der Waals surface area contributed by atoms with Gasteiger partial charge < -0.3 is 24.3 Å². The molecule has 1 N–H and O–H groups in total. The molecular formula is C20H23NO7S. The lowest BCUT2D eigenvalue weighted by atomic mass is 10.3. The van der Waals surface area contributed by atoms with Crippen molar-refractivity contribution in [2.45, 2.75) is 11.8 Å². The van der Waals surface area contributed by atoms with Gasteiger partial charge in [0.1, 0.15) is 5.75 Å². The van der Waals surface area contributed by atoms with Crippen LogP contribution in [0.15, 0.2) is 58.5 Å². The number of hydrogen-bond acceptors (Lipinski definition) is 8. The van der Waals surface area contributed by atoms with Gasteiger partial charge in [-0.1, -0.05) is 0 Å². The Balaban J connectivity index is 2.42. The molecule has 0 aliphatic heterocycles. The number of anilines is 1. The van der Waals surface area contributed by atoms with Crippen LogP contribution in [0.5, 0.6) is 17.2 Å². The van der Waals surface area contributed by atoms with Gasteiger partial charge in [-0.25, -0.2) is 13.2 Å². The smallest absolute Gasteiger partial charge is 0.351 e. The van der Waals surface area contributed by atoms with Gasteiger partial charge in [0.15, 0.2) is 16.4 Å². The highest BCUT2D eigenvalue weighted by molar-refractivity contribution is 7.96. The molecule has 2 aromatic carbocycles. The maximum absolute atomic E-state index is 13.0. The van der Waals surface area contributed by atoms with Crippen LogP contribution in [-0.2, 0) is 19.4 Å². The Morgan fingerprint density at radius 1 is 0.966 bits per heavy atom. The summed E-state index contributed by atoms with van der Waals surface area (Å²) < 4.78 is 46.4. The number of rotatable bonds is 9. The van der Waals surface area contributed by atoms with Crippen molar-refractivity contribution in [2.75, 3.05) is 33.3 Å². The molecule has 2 rings (SSSR count). The number of carbonyl (C=O) groups excluding carboxylic acids is 1. The highest BCUT2D eigenvalue weighted by Gasteiger charge is 2.28. The van der Waals surface area contributed by atoms with E-state index in [0.29, 0.717) is 22.9 Å². The third-order valence-corrected chi connectivity index (χ3v) is 5.65. The van der Waals surface area contributed by atoms with Crippen LogP contribution in [0.1, 0.15) is 6.92 Å². The highest BCUT2D eigenvalue weighted by Crippen LogP contribution is 2.30. The second kappa shape index (κ2) is 9.83. The summed E-state index contributed by atoms with van der Waals surface area (Å²) in [4.78, 5) is 11.8. The fourth-order valence-corrected chi connectivity index (χ4v) is 3.65. The molecule has 8 nitrogen and oxygen atoms in total. The standard InChI is InChI=1S/C20H23NO7S/c1-5-28-20(22)19(29(23,24)16-9-7-15(25-2)8-10-16)13-21-14-6-11-17(26-3)18(12-14)27-4/h6-13,21H,5H2,1-4H3/b19-13-. The molecule has 2 aromatic rings. The van der Waals surface area contributed by atoms with Crippen LogP contribution >= 0.6 is 0 Å². The van der Waals surface area contributed by atoms with Gasteiger partial charge in [-0.3, -0.25) is 0 Å². The normalized spacial score (nSPS) is 11.5. The SMILES string of the molecule is CCOC(=O)/C(=C/Nc1ccc(OC)c(OC)c1)S(=O)(=O)c1ccc(OC)cc1. The monoisotopic (exact) mass is 421 g/mol. The van der Waals surface area contributed by atoms with Crippen LogP contribution in [0.4, 0.5) is 5.69 Å². The molecule has 0 unspecified atom stereocenters. The Morgan fingerprint density at radius 2 is 1.62 bits per heavy atom. The minimum atomic E-state index is -4.13. The van der Waals surface area contributed by atoms with Crippen LogP contribution in [0, 0.1) is 0 Å². The average Bonchev–Trinajstić information content (AvgIpc) is 2.73. The van der Waals surface area contributed by atoms with Crippen LogP contribution in [0.3, 0.4) is 0 Å². The van der Waals surface area contributed by atoms with Gasteiger partial charge in [0.2, 0.25) is 9.84 Å². The van der Waals surface area contributed by atoms with Crippen LogP contribution in [-0.4, -0.2) is 42.3 Å². The zero-order chi connectivity index (χ0) is 21.4. The summed E-state index contributed by atoms with van der Waals surface area (Å²) in [6.45, 7) is 1.63. The molecule has 0 amide bonds. The van der Waals surface area contributed by atoms with Gasteiger partial charge >= 0.3 is 5.97 Å². The van der Waals surface area contributed by atoms with Gasteiger partial charge in [-0.15, -0.1) is 0 Å². The Bertz CT molecular complexity index is 982. The van der Waals surface area contributed by atoms with E-state index in [0.717, 1.165) is 6.20 Å². The van der Waals surface area contributed by atoms with Crippen LogP contribution in [0.2, 0.25) is 0 Å². The Hall–Kier alpha value is -3.20. The fraction of sp³-hybridized carbons (Fsp3) is 0.250. The number of esters is 1. The predicted octanol–water partition coefficient (Wildman–Crippen LogP) is 3.00. The summed E-state index contributed by atoms with van der Waals surface area (Å²) in [5.74, 6) is 0.491. The lowest BCUT2D eigenvalue weighted by Crippen LogP contribution is -2.18. The van der Waals surface area contributed by atoms with Crippen molar-refractivity contribution in [3.63, 3.8) is 0 Å². The largest absolute Gasteiger partial charge is 0.497 e. The number of benzene rings is 2. The quantitative estimate of drug-likeness (QED) is 0.487. The molecule has 0 radical (unpaired) electrons. The number of sulfone groups is 1. The second-order valence-electron chi connectivity index (χ2n) is 5.62. The summed E-state index contributed by atoms with van der Waals surface area (Å²) in [6, 6.07) is 10.6. The summed E-state index contributed by atoms with van der Waals surface area (Å²) in [5, 5.41) is 2.81. The van der Waals surface area contributed by atoms with Crippen molar-refractivity contribution in [2.24, 2.45) is 0 Å². The molecule has 9 heteroatoms. The molecule has 0 heterocycles. The van der Waals surface area contributed by atoms with E-state index in [-0.39, 0.29) is 11.5 Å². The van der Waals surface area contributed by atoms with E-state index in [9.17, 15) is 13.2 Å². The molecule has 0 spiro atoms. The summed E-state index contributed by atoms with van der Waals surface area (Å²) in [7, 11) is 0.326. The topological polar surface area (TPSA) is 100 Å². The molecular weight excluding hydrogens is 398 g/mol. The number of ether oxygens (including phenoxy) is 4. The molecule has 0 saturated carbocycles. The first-order valence-electron chi connectivity index (χ1n) is 8.62. The summed E-state index contributed by atoms with van der Waals surface area (Å²) >= 11 is 0. The van der Waals surface area contributed by atoms with Crippen molar-refractivity contribution in [1.29, 1.82) is 0 Å². The molecule has 0 bridgehead atoms. The predicted molar refractivity (Wildman–Crippen MR) is 108 cm³/mol. The Morgan fingerprint density at radius 3 is 2.17 bits per heavy atom. The molecule has 0 saturated heterocycles. The van der Waals surface area contributed by atoms with Crippen molar-refractivity contribution in [3.05, 3.63) is 53.6 Å². The molecule has 0 fully saturated rings. The average molecular weight is 421 g/mol. The van der Waals surface area contributed by atoms with E-state index in [4.69, 9.17) is 18.9 Å². The molecule has 0 aromatic heterocycles. The van der Waals surface area contributed by atoms with Gasteiger partial charge in [0.05, 0.1) is 32.8 Å². The van der Waals surface area contributed by atoms with Crippen molar-refractivity contribution in [3.8, 4) is 17.2 Å². The fourth-order valence-electron chi connectivity index (χ4n) is 2.41. The maximum atomic E-state index is 13.0. The zero-order valence-corrected chi connectivity index (χ0v) is 17.4.